The number of benzene rings is 2. The molecule has 2 heterocycles. The summed E-state index contributed by atoms with van der Waals surface area (Å²) >= 11 is 0. The van der Waals surface area contributed by atoms with Crippen molar-refractivity contribution in [3.05, 3.63) is 70.9 Å². The zero-order valence-corrected chi connectivity index (χ0v) is 14.8. The summed E-state index contributed by atoms with van der Waals surface area (Å²) in [6.45, 7) is 4.53. The van der Waals surface area contributed by atoms with Crippen molar-refractivity contribution in [2.75, 3.05) is 0 Å². The Labute approximate surface area is 152 Å². The molecule has 0 saturated carbocycles. The monoisotopic (exact) mass is 348 g/mol. The minimum Gasteiger partial charge on any atom is -0.490 e. The van der Waals surface area contributed by atoms with Crippen LogP contribution in [-0.4, -0.2) is 17.2 Å². The average Bonchev–Trinajstić information content (AvgIpc) is 3.26. The number of nitrogens with one attached hydrogen (secondary N) is 1. The van der Waals surface area contributed by atoms with E-state index in [1.807, 2.05) is 56.3 Å². The minimum absolute atomic E-state index is 0.193. The first-order valence-electron chi connectivity index (χ1n) is 8.69. The smallest absolute Gasteiger partial charge is 0.273 e. The molecule has 0 fully saturated rings. The van der Waals surface area contributed by atoms with Crippen LogP contribution in [0.2, 0.25) is 0 Å². The maximum atomic E-state index is 12.3. The molecule has 2 aromatic carbocycles. The zero-order valence-electron chi connectivity index (χ0n) is 14.8. The molecule has 1 atom stereocenters. The van der Waals surface area contributed by atoms with Gasteiger partial charge in [-0.2, -0.15) is 0 Å². The minimum atomic E-state index is -0.251. The molecule has 4 rings (SSSR count). The van der Waals surface area contributed by atoms with E-state index in [2.05, 4.69) is 10.5 Å². The van der Waals surface area contributed by atoms with E-state index >= 15 is 0 Å². The Morgan fingerprint density at radius 3 is 2.81 bits per heavy atom. The zero-order chi connectivity index (χ0) is 18.1. The van der Waals surface area contributed by atoms with Gasteiger partial charge in [0.2, 0.25) is 0 Å². The Hall–Kier alpha value is -3.08. The van der Waals surface area contributed by atoms with E-state index in [1.54, 1.807) is 6.07 Å². The van der Waals surface area contributed by atoms with E-state index in [4.69, 9.17) is 9.26 Å². The number of ether oxygens (including phenoxy) is 1. The third-order valence-electron chi connectivity index (χ3n) is 4.50. The maximum Gasteiger partial charge on any atom is 0.273 e. The number of nitrogens with zero attached hydrogens (tertiary/aromatic N) is 1. The first-order chi connectivity index (χ1) is 12.6. The fraction of sp³-hybridized carbons (Fsp3) is 0.238. The first kappa shape index (κ1) is 16.4. The van der Waals surface area contributed by atoms with Crippen LogP contribution in [0.25, 0.3) is 11.3 Å². The van der Waals surface area contributed by atoms with Gasteiger partial charge in [-0.3, -0.25) is 4.79 Å². The number of aryl methyl sites for hydroxylation is 1. The van der Waals surface area contributed by atoms with Gasteiger partial charge in [-0.15, -0.1) is 0 Å². The number of fused-ring (bicyclic) bond motifs is 1. The Morgan fingerprint density at radius 2 is 2.00 bits per heavy atom. The molecule has 0 saturated heterocycles. The van der Waals surface area contributed by atoms with Crippen molar-refractivity contribution in [3.63, 3.8) is 0 Å². The summed E-state index contributed by atoms with van der Waals surface area (Å²) in [5.41, 5.74) is 4.55. The summed E-state index contributed by atoms with van der Waals surface area (Å²) in [6.07, 6.45) is 1.07. The number of carbonyl (C=O) groups excluding carboxylic acids is 1. The first-order valence-corrected chi connectivity index (χ1v) is 8.69. The van der Waals surface area contributed by atoms with Crippen LogP contribution >= 0.6 is 0 Å². The number of hydrogen-bond donors (Lipinski definition) is 1. The van der Waals surface area contributed by atoms with Crippen molar-refractivity contribution in [3.8, 4) is 17.1 Å². The van der Waals surface area contributed by atoms with E-state index in [1.165, 1.54) is 5.56 Å². The second-order valence-corrected chi connectivity index (χ2v) is 6.70. The van der Waals surface area contributed by atoms with Crippen LogP contribution in [0.4, 0.5) is 0 Å². The molecule has 0 aliphatic carbocycles. The SMILES string of the molecule is Cc1ccc(CNC(=O)c2cc(-c3ccc4c(c3)C[C@@H](C)O4)on2)cc1. The van der Waals surface area contributed by atoms with Gasteiger partial charge < -0.3 is 14.6 Å². The van der Waals surface area contributed by atoms with Crippen LogP contribution in [0.5, 0.6) is 5.75 Å². The molecular formula is C21H20N2O3. The van der Waals surface area contributed by atoms with Crippen molar-refractivity contribution < 1.29 is 14.1 Å². The molecule has 1 N–H and O–H groups in total. The summed E-state index contributed by atoms with van der Waals surface area (Å²) in [6, 6.07) is 15.6. The van der Waals surface area contributed by atoms with E-state index in [0.29, 0.717) is 12.3 Å². The van der Waals surface area contributed by atoms with Crippen LogP contribution in [0.1, 0.15) is 34.1 Å². The van der Waals surface area contributed by atoms with Crippen molar-refractivity contribution >= 4 is 5.91 Å². The van der Waals surface area contributed by atoms with Crippen LogP contribution in [0, 0.1) is 6.92 Å². The average molecular weight is 348 g/mol. The molecule has 1 aliphatic rings. The normalized spacial score (nSPS) is 15.4. The van der Waals surface area contributed by atoms with Crippen LogP contribution < -0.4 is 10.1 Å². The molecule has 0 bridgehead atoms. The van der Waals surface area contributed by atoms with E-state index < -0.39 is 0 Å². The standard InChI is InChI=1S/C21H20N2O3/c1-13-3-5-15(6-4-13)12-22-21(24)18-11-20(26-23-18)16-7-8-19-17(10-16)9-14(2)25-19/h3-8,10-11,14H,9,12H2,1-2H3,(H,22,24)/t14-/m1/s1. The highest BCUT2D eigenvalue weighted by molar-refractivity contribution is 5.93. The third kappa shape index (κ3) is 3.33. The number of rotatable bonds is 4. The molecule has 0 unspecified atom stereocenters. The van der Waals surface area contributed by atoms with Gasteiger partial charge in [0.1, 0.15) is 11.9 Å². The Balaban J connectivity index is 1.45. The van der Waals surface area contributed by atoms with Gasteiger partial charge in [-0.25, -0.2) is 0 Å². The lowest BCUT2D eigenvalue weighted by Gasteiger charge is -2.03. The Bertz CT molecular complexity index is 944. The van der Waals surface area contributed by atoms with Crippen molar-refractivity contribution in [1.82, 2.24) is 10.5 Å². The molecule has 26 heavy (non-hydrogen) atoms. The Kier molecular flexibility index (Phi) is 4.21. The fourth-order valence-electron chi connectivity index (χ4n) is 3.07. The van der Waals surface area contributed by atoms with E-state index in [-0.39, 0.29) is 17.7 Å². The molecule has 5 nitrogen and oxygen atoms in total. The second-order valence-electron chi connectivity index (χ2n) is 6.70. The van der Waals surface area contributed by atoms with Gasteiger partial charge in [-0.1, -0.05) is 35.0 Å². The molecule has 3 aromatic rings. The highest BCUT2D eigenvalue weighted by atomic mass is 16.5. The lowest BCUT2D eigenvalue weighted by molar-refractivity contribution is 0.0942. The van der Waals surface area contributed by atoms with Crippen LogP contribution in [0.3, 0.4) is 0 Å². The van der Waals surface area contributed by atoms with Crippen LogP contribution in [0.15, 0.2) is 53.1 Å². The topological polar surface area (TPSA) is 64.4 Å². The van der Waals surface area contributed by atoms with Gasteiger partial charge in [0.15, 0.2) is 11.5 Å². The van der Waals surface area contributed by atoms with E-state index in [9.17, 15) is 4.79 Å². The van der Waals surface area contributed by atoms with Crippen molar-refractivity contribution in [2.45, 2.75) is 32.9 Å². The number of carbonyl (C=O) groups is 1. The lowest BCUT2D eigenvalue weighted by Crippen LogP contribution is -2.22. The lowest BCUT2D eigenvalue weighted by atomic mass is 10.1. The largest absolute Gasteiger partial charge is 0.490 e. The number of amides is 1. The predicted octanol–water partition coefficient (Wildman–Crippen LogP) is 3.90. The van der Waals surface area contributed by atoms with Gasteiger partial charge >= 0.3 is 0 Å². The number of aromatic nitrogens is 1. The summed E-state index contributed by atoms with van der Waals surface area (Å²) in [5, 5.41) is 6.77. The molecule has 1 amide bonds. The highest BCUT2D eigenvalue weighted by Gasteiger charge is 2.20. The fourth-order valence-corrected chi connectivity index (χ4v) is 3.07. The molecule has 0 radical (unpaired) electrons. The van der Waals surface area contributed by atoms with Gasteiger partial charge in [0, 0.05) is 24.6 Å². The third-order valence-corrected chi connectivity index (χ3v) is 4.50. The summed E-state index contributed by atoms with van der Waals surface area (Å²) in [4.78, 5) is 12.3. The molecule has 1 aliphatic heterocycles. The summed E-state index contributed by atoms with van der Waals surface area (Å²) in [5.74, 6) is 1.24. The van der Waals surface area contributed by atoms with Gasteiger partial charge in [0.25, 0.3) is 5.91 Å². The van der Waals surface area contributed by atoms with Crippen LogP contribution in [-0.2, 0) is 13.0 Å². The number of hydrogen-bond acceptors (Lipinski definition) is 4. The summed E-state index contributed by atoms with van der Waals surface area (Å²) < 4.78 is 11.1. The quantitative estimate of drug-likeness (QED) is 0.776. The molecule has 132 valence electrons. The molecule has 1 aromatic heterocycles. The Morgan fingerprint density at radius 1 is 1.19 bits per heavy atom. The van der Waals surface area contributed by atoms with Crippen molar-refractivity contribution in [2.24, 2.45) is 0 Å². The highest BCUT2D eigenvalue weighted by Crippen LogP contribution is 2.33. The van der Waals surface area contributed by atoms with E-state index in [0.717, 1.165) is 28.9 Å². The molecule has 5 heteroatoms. The van der Waals surface area contributed by atoms with Crippen molar-refractivity contribution in [1.29, 1.82) is 0 Å². The maximum absolute atomic E-state index is 12.3. The van der Waals surface area contributed by atoms with Gasteiger partial charge in [0.05, 0.1) is 0 Å². The molecular weight excluding hydrogens is 328 g/mol. The summed E-state index contributed by atoms with van der Waals surface area (Å²) in [7, 11) is 0. The predicted molar refractivity (Wildman–Crippen MR) is 98.1 cm³/mol. The van der Waals surface area contributed by atoms with Gasteiger partial charge in [-0.05, 0) is 43.2 Å². The second kappa shape index (κ2) is 6.67. The molecule has 0 spiro atoms.